The number of hydrogen-bond acceptors (Lipinski definition) is 5. The van der Waals surface area contributed by atoms with Crippen LogP contribution in [-0.4, -0.2) is 39.4 Å². The van der Waals surface area contributed by atoms with Crippen LogP contribution in [0.25, 0.3) is 11.5 Å². The lowest BCUT2D eigenvalue weighted by Crippen LogP contribution is -2.39. The van der Waals surface area contributed by atoms with Gasteiger partial charge in [-0.1, -0.05) is 24.1 Å². The molecular weight excluding hydrogens is 278 g/mol. The van der Waals surface area contributed by atoms with E-state index in [1.165, 1.54) is 18.4 Å². The topological polar surface area (TPSA) is 62.4 Å². The number of rotatable bonds is 5. The van der Waals surface area contributed by atoms with Crippen LogP contribution < -0.4 is 0 Å². The second-order valence-corrected chi connectivity index (χ2v) is 6.00. The number of aliphatic hydroxyl groups excluding tert-OH is 1. The van der Waals surface area contributed by atoms with Gasteiger partial charge in [0.05, 0.1) is 6.54 Å². The third-order valence-corrected chi connectivity index (χ3v) is 4.32. The number of piperidine rings is 1. The van der Waals surface area contributed by atoms with Crippen LogP contribution in [0.15, 0.2) is 28.7 Å². The van der Waals surface area contributed by atoms with Gasteiger partial charge in [0.2, 0.25) is 11.8 Å². The van der Waals surface area contributed by atoms with Crippen molar-refractivity contribution < 1.29 is 9.52 Å². The highest BCUT2D eigenvalue weighted by atomic mass is 16.4. The van der Waals surface area contributed by atoms with Gasteiger partial charge in [-0.05, 0) is 44.9 Å². The molecule has 118 valence electrons. The fourth-order valence-corrected chi connectivity index (χ4v) is 3.05. The first kappa shape index (κ1) is 15.2. The largest absolute Gasteiger partial charge is 0.419 e. The zero-order valence-corrected chi connectivity index (χ0v) is 13.0. The van der Waals surface area contributed by atoms with Crippen LogP contribution in [0.4, 0.5) is 0 Å². The van der Waals surface area contributed by atoms with Gasteiger partial charge < -0.3 is 9.52 Å². The third-order valence-electron chi connectivity index (χ3n) is 4.32. The van der Waals surface area contributed by atoms with Crippen LogP contribution in [0.3, 0.4) is 0 Å². The summed E-state index contributed by atoms with van der Waals surface area (Å²) in [5, 5.41) is 17.5. The van der Waals surface area contributed by atoms with E-state index in [4.69, 9.17) is 4.42 Å². The van der Waals surface area contributed by atoms with Crippen LogP contribution in [0, 0.1) is 6.92 Å². The molecule has 22 heavy (non-hydrogen) atoms. The predicted octanol–water partition coefficient (Wildman–Crippen LogP) is 2.78. The number of hydrogen-bond donors (Lipinski definition) is 1. The number of nitrogens with zero attached hydrogens (tertiary/aromatic N) is 3. The maximum Gasteiger partial charge on any atom is 0.247 e. The van der Waals surface area contributed by atoms with Crippen LogP contribution in [0.2, 0.25) is 0 Å². The van der Waals surface area contributed by atoms with E-state index in [1.54, 1.807) is 0 Å². The van der Waals surface area contributed by atoms with Gasteiger partial charge in [-0.25, -0.2) is 0 Å². The fraction of sp³-hybridized carbons (Fsp3) is 0.529. The lowest BCUT2D eigenvalue weighted by atomic mass is 10.00. The average Bonchev–Trinajstić information content (AvgIpc) is 2.99. The molecule has 5 nitrogen and oxygen atoms in total. The summed E-state index contributed by atoms with van der Waals surface area (Å²) < 4.78 is 5.81. The van der Waals surface area contributed by atoms with E-state index in [2.05, 4.69) is 22.0 Å². The van der Waals surface area contributed by atoms with Crippen molar-refractivity contribution in [2.45, 2.75) is 45.2 Å². The Morgan fingerprint density at radius 1 is 1.23 bits per heavy atom. The highest BCUT2D eigenvalue weighted by Gasteiger charge is 2.23. The Kier molecular flexibility index (Phi) is 4.85. The van der Waals surface area contributed by atoms with Gasteiger partial charge >= 0.3 is 0 Å². The first-order valence-corrected chi connectivity index (χ1v) is 8.00. The second-order valence-electron chi connectivity index (χ2n) is 6.00. The Bertz CT molecular complexity index is 592. The van der Waals surface area contributed by atoms with Crippen LogP contribution in [-0.2, 0) is 6.54 Å². The zero-order valence-electron chi connectivity index (χ0n) is 13.0. The molecule has 1 aliphatic heterocycles. The molecule has 1 fully saturated rings. The third kappa shape index (κ3) is 3.54. The van der Waals surface area contributed by atoms with Crippen molar-refractivity contribution in [3.05, 3.63) is 35.7 Å². The molecule has 2 heterocycles. The highest BCUT2D eigenvalue weighted by Crippen LogP contribution is 2.23. The van der Waals surface area contributed by atoms with Crippen LogP contribution >= 0.6 is 0 Å². The summed E-state index contributed by atoms with van der Waals surface area (Å²) in [6, 6.07) is 8.51. The number of aromatic nitrogens is 2. The molecule has 2 aromatic rings. The Hall–Kier alpha value is -1.72. The molecule has 1 saturated heterocycles. The van der Waals surface area contributed by atoms with Gasteiger partial charge in [0.25, 0.3) is 0 Å². The van der Waals surface area contributed by atoms with Crippen molar-refractivity contribution in [1.29, 1.82) is 0 Å². The molecule has 0 bridgehead atoms. The molecule has 3 rings (SSSR count). The van der Waals surface area contributed by atoms with E-state index in [9.17, 15) is 5.11 Å². The van der Waals surface area contributed by atoms with Gasteiger partial charge in [0, 0.05) is 18.2 Å². The van der Waals surface area contributed by atoms with Crippen molar-refractivity contribution in [2.75, 3.05) is 13.2 Å². The Balaban J connectivity index is 1.69. The molecule has 0 spiro atoms. The van der Waals surface area contributed by atoms with Crippen molar-refractivity contribution in [2.24, 2.45) is 0 Å². The second kappa shape index (κ2) is 7.03. The molecule has 1 unspecified atom stereocenters. The minimum Gasteiger partial charge on any atom is -0.419 e. The standard InChI is InChI=1S/C17H23N3O2/c1-13-5-7-14(8-6-13)17-19-18-16(22-17)12-20-10-3-2-4-15(20)9-11-21/h5-8,15,21H,2-4,9-12H2,1H3. The lowest BCUT2D eigenvalue weighted by Gasteiger charge is -2.34. The fourth-order valence-electron chi connectivity index (χ4n) is 3.05. The van der Waals surface area contributed by atoms with Gasteiger partial charge in [-0.2, -0.15) is 0 Å². The monoisotopic (exact) mass is 301 g/mol. The molecule has 0 radical (unpaired) electrons. The van der Waals surface area contributed by atoms with Crippen molar-refractivity contribution in [3.8, 4) is 11.5 Å². The molecule has 1 aromatic carbocycles. The molecule has 5 heteroatoms. The summed E-state index contributed by atoms with van der Waals surface area (Å²) in [5.74, 6) is 1.23. The van der Waals surface area contributed by atoms with E-state index >= 15 is 0 Å². The summed E-state index contributed by atoms with van der Waals surface area (Å²) in [6.07, 6.45) is 4.39. The van der Waals surface area contributed by atoms with E-state index in [0.29, 0.717) is 24.4 Å². The summed E-state index contributed by atoms with van der Waals surface area (Å²) >= 11 is 0. The number of aryl methyl sites for hydroxylation is 1. The maximum atomic E-state index is 9.20. The summed E-state index contributed by atoms with van der Waals surface area (Å²) in [4.78, 5) is 2.35. The number of benzene rings is 1. The van der Waals surface area contributed by atoms with Gasteiger partial charge in [0.1, 0.15) is 0 Å². The van der Waals surface area contributed by atoms with E-state index in [-0.39, 0.29) is 6.61 Å². The normalized spacial score (nSPS) is 19.5. The first-order chi connectivity index (χ1) is 10.8. The SMILES string of the molecule is Cc1ccc(-c2nnc(CN3CCCCC3CCO)o2)cc1. The Morgan fingerprint density at radius 3 is 2.82 bits per heavy atom. The molecule has 1 atom stereocenters. The summed E-state index contributed by atoms with van der Waals surface area (Å²) in [7, 11) is 0. The van der Waals surface area contributed by atoms with Crippen molar-refractivity contribution in [3.63, 3.8) is 0 Å². The predicted molar refractivity (Wildman–Crippen MR) is 84.2 cm³/mol. The van der Waals surface area contributed by atoms with E-state index in [1.807, 2.05) is 24.3 Å². The molecule has 0 amide bonds. The van der Waals surface area contributed by atoms with E-state index in [0.717, 1.165) is 24.9 Å². The molecule has 1 N–H and O–H groups in total. The smallest absolute Gasteiger partial charge is 0.247 e. The van der Waals surface area contributed by atoms with Crippen LogP contribution in [0.5, 0.6) is 0 Å². The van der Waals surface area contributed by atoms with Gasteiger partial charge in [-0.15, -0.1) is 10.2 Å². The average molecular weight is 301 g/mol. The molecule has 0 aliphatic carbocycles. The van der Waals surface area contributed by atoms with E-state index < -0.39 is 0 Å². The lowest BCUT2D eigenvalue weighted by molar-refractivity contribution is 0.103. The minimum atomic E-state index is 0.236. The zero-order chi connectivity index (χ0) is 15.4. The number of aliphatic hydroxyl groups is 1. The highest BCUT2D eigenvalue weighted by molar-refractivity contribution is 5.52. The molecule has 1 aromatic heterocycles. The minimum absolute atomic E-state index is 0.236. The van der Waals surface area contributed by atoms with Crippen molar-refractivity contribution >= 4 is 0 Å². The Labute approximate surface area is 131 Å². The number of likely N-dealkylation sites (tertiary alicyclic amines) is 1. The first-order valence-electron chi connectivity index (χ1n) is 8.00. The van der Waals surface area contributed by atoms with Gasteiger partial charge in [0.15, 0.2) is 0 Å². The Morgan fingerprint density at radius 2 is 2.05 bits per heavy atom. The van der Waals surface area contributed by atoms with Crippen molar-refractivity contribution in [1.82, 2.24) is 15.1 Å². The maximum absolute atomic E-state index is 9.20. The van der Waals surface area contributed by atoms with Crippen LogP contribution in [0.1, 0.15) is 37.1 Å². The summed E-state index contributed by atoms with van der Waals surface area (Å²) in [6.45, 7) is 4.00. The summed E-state index contributed by atoms with van der Waals surface area (Å²) in [5.41, 5.74) is 2.17. The molecule has 0 saturated carbocycles. The quantitative estimate of drug-likeness (QED) is 0.920. The van der Waals surface area contributed by atoms with Gasteiger partial charge in [-0.3, -0.25) is 4.90 Å². The molecule has 1 aliphatic rings. The molecular formula is C17H23N3O2.